The van der Waals surface area contributed by atoms with E-state index in [1.807, 2.05) is 20.8 Å². The van der Waals surface area contributed by atoms with Crippen LogP contribution in [-0.2, 0) is 9.59 Å². The molecule has 0 aromatic carbocycles. The summed E-state index contributed by atoms with van der Waals surface area (Å²) in [5.74, 6) is -1.50. The van der Waals surface area contributed by atoms with Gasteiger partial charge in [-0.1, -0.05) is 20.8 Å². The van der Waals surface area contributed by atoms with Crippen LogP contribution in [0.4, 0.5) is 0 Å². The Morgan fingerprint density at radius 1 is 1.20 bits per heavy atom. The van der Waals surface area contributed by atoms with Gasteiger partial charge in [-0.05, 0) is 24.2 Å². The Labute approximate surface area is 90.3 Å². The molecular formula is C11H20O4. The molecule has 0 spiro atoms. The smallest absolute Gasteiger partial charge is 0.303 e. The van der Waals surface area contributed by atoms with Gasteiger partial charge < -0.3 is 10.2 Å². The lowest BCUT2D eigenvalue weighted by Crippen LogP contribution is -2.18. The highest BCUT2D eigenvalue weighted by Crippen LogP contribution is 2.31. The minimum Gasteiger partial charge on any atom is -0.481 e. The average Bonchev–Trinajstić information content (AvgIpc) is 1.98. The predicted molar refractivity (Wildman–Crippen MR) is 56.7 cm³/mol. The molecule has 0 amide bonds. The third-order valence-electron chi connectivity index (χ3n) is 2.44. The van der Waals surface area contributed by atoms with Gasteiger partial charge >= 0.3 is 11.9 Å². The number of hydrogen-bond donors (Lipinski definition) is 2. The molecule has 0 saturated heterocycles. The van der Waals surface area contributed by atoms with E-state index in [0.717, 1.165) is 6.42 Å². The molecule has 15 heavy (non-hydrogen) atoms. The Morgan fingerprint density at radius 3 is 2.13 bits per heavy atom. The van der Waals surface area contributed by atoms with Gasteiger partial charge in [0.25, 0.3) is 0 Å². The van der Waals surface area contributed by atoms with Crippen molar-refractivity contribution in [2.45, 2.75) is 46.5 Å². The second kappa shape index (κ2) is 5.73. The molecule has 0 radical (unpaired) electrons. The Bertz CT molecular complexity index is 233. The van der Waals surface area contributed by atoms with Gasteiger partial charge in [-0.25, -0.2) is 0 Å². The maximum absolute atomic E-state index is 10.5. The number of hydrogen-bond acceptors (Lipinski definition) is 2. The van der Waals surface area contributed by atoms with E-state index in [-0.39, 0.29) is 24.2 Å². The Hall–Kier alpha value is -1.06. The van der Waals surface area contributed by atoms with E-state index in [9.17, 15) is 9.59 Å². The van der Waals surface area contributed by atoms with E-state index >= 15 is 0 Å². The number of aliphatic carboxylic acids is 2. The number of carbonyl (C=O) groups is 2. The van der Waals surface area contributed by atoms with Crippen LogP contribution in [0.25, 0.3) is 0 Å². The van der Waals surface area contributed by atoms with Crippen molar-refractivity contribution in [3.63, 3.8) is 0 Å². The lowest BCUT2D eigenvalue weighted by Gasteiger charge is -2.26. The van der Waals surface area contributed by atoms with Crippen molar-refractivity contribution in [3.8, 4) is 0 Å². The minimum atomic E-state index is -0.797. The summed E-state index contributed by atoms with van der Waals surface area (Å²) in [5, 5.41) is 17.2. The first-order chi connectivity index (χ1) is 6.73. The number of carboxylic acid groups (broad SMARTS) is 2. The van der Waals surface area contributed by atoms with Gasteiger partial charge in [-0.3, -0.25) is 9.59 Å². The van der Waals surface area contributed by atoms with Gasteiger partial charge in [-0.2, -0.15) is 0 Å². The molecule has 1 atom stereocenters. The predicted octanol–water partition coefficient (Wildman–Crippen LogP) is 2.38. The van der Waals surface area contributed by atoms with E-state index in [0.29, 0.717) is 6.42 Å². The fraction of sp³-hybridized carbons (Fsp3) is 0.818. The summed E-state index contributed by atoms with van der Waals surface area (Å²) in [6.07, 6.45) is 1.63. The van der Waals surface area contributed by atoms with Gasteiger partial charge in [0.15, 0.2) is 0 Å². The van der Waals surface area contributed by atoms with Crippen LogP contribution in [0.15, 0.2) is 0 Å². The van der Waals surface area contributed by atoms with E-state index in [1.165, 1.54) is 0 Å². The summed E-state index contributed by atoms with van der Waals surface area (Å²) in [5.41, 5.74) is -0.104. The first-order valence-corrected chi connectivity index (χ1v) is 5.16. The second-order valence-electron chi connectivity index (χ2n) is 4.97. The van der Waals surface area contributed by atoms with Crippen molar-refractivity contribution in [3.05, 3.63) is 0 Å². The molecule has 0 bridgehead atoms. The van der Waals surface area contributed by atoms with Gasteiger partial charge in [0.1, 0.15) is 0 Å². The first kappa shape index (κ1) is 13.9. The Morgan fingerprint density at radius 2 is 1.73 bits per heavy atom. The third-order valence-corrected chi connectivity index (χ3v) is 2.44. The van der Waals surface area contributed by atoms with E-state index in [4.69, 9.17) is 10.2 Å². The van der Waals surface area contributed by atoms with Crippen molar-refractivity contribution in [1.82, 2.24) is 0 Å². The summed E-state index contributed by atoms with van der Waals surface area (Å²) in [4.78, 5) is 20.9. The molecule has 2 N–H and O–H groups in total. The van der Waals surface area contributed by atoms with Gasteiger partial charge in [-0.15, -0.1) is 0 Å². The molecule has 0 aliphatic heterocycles. The molecule has 0 saturated carbocycles. The van der Waals surface area contributed by atoms with Crippen LogP contribution in [0.1, 0.15) is 46.5 Å². The van der Waals surface area contributed by atoms with Gasteiger partial charge in [0, 0.05) is 12.8 Å². The van der Waals surface area contributed by atoms with Gasteiger partial charge in [0.2, 0.25) is 0 Å². The van der Waals surface area contributed by atoms with Crippen LogP contribution >= 0.6 is 0 Å². The zero-order valence-corrected chi connectivity index (χ0v) is 9.62. The molecule has 0 heterocycles. The molecule has 88 valence electrons. The highest BCUT2D eigenvalue weighted by Gasteiger charge is 2.23. The highest BCUT2D eigenvalue weighted by molar-refractivity contribution is 5.67. The quantitative estimate of drug-likeness (QED) is 0.685. The molecule has 0 aliphatic rings. The van der Waals surface area contributed by atoms with Crippen molar-refractivity contribution in [2.24, 2.45) is 11.3 Å². The van der Waals surface area contributed by atoms with Crippen molar-refractivity contribution in [2.75, 3.05) is 0 Å². The molecule has 0 aromatic rings. The lowest BCUT2D eigenvalue weighted by atomic mass is 9.79. The standard InChI is InChI=1S/C11H20O4/c1-8(6-10(14)15)7-11(2,3)5-4-9(12)13/h8H,4-7H2,1-3H3,(H,12,13)(H,14,15). The SMILES string of the molecule is CC(CC(=O)O)CC(C)(C)CCC(=O)O. The molecule has 0 fully saturated rings. The number of rotatable bonds is 7. The minimum absolute atomic E-state index is 0.0892. The van der Waals surface area contributed by atoms with Crippen LogP contribution in [0.5, 0.6) is 0 Å². The van der Waals surface area contributed by atoms with Crippen LogP contribution < -0.4 is 0 Å². The Balaban J connectivity index is 4.00. The highest BCUT2D eigenvalue weighted by atomic mass is 16.4. The molecule has 0 aromatic heterocycles. The summed E-state index contributed by atoms with van der Waals surface area (Å²) in [6.45, 7) is 5.85. The van der Waals surface area contributed by atoms with Crippen molar-refractivity contribution >= 4 is 11.9 Å². The Kier molecular flexibility index (Phi) is 5.33. The normalized spacial score (nSPS) is 13.5. The van der Waals surface area contributed by atoms with E-state index in [2.05, 4.69) is 0 Å². The van der Waals surface area contributed by atoms with E-state index in [1.54, 1.807) is 0 Å². The largest absolute Gasteiger partial charge is 0.481 e. The molecule has 1 unspecified atom stereocenters. The first-order valence-electron chi connectivity index (χ1n) is 5.16. The summed E-state index contributed by atoms with van der Waals surface area (Å²) in [6, 6.07) is 0. The lowest BCUT2D eigenvalue weighted by molar-refractivity contribution is -0.139. The molecule has 0 aliphatic carbocycles. The third kappa shape index (κ3) is 7.97. The maximum Gasteiger partial charge on any atom is 0.303 e. The fourth-order valence-corrected chi connectivity index (χ4v) is 1.86. The summed E-state index contributed by atoms with van der Waals surface area (Å²) >= 11 is 0. The number of carboxylic acids is 2. The van der Waals surface area contributed by atoms with Crippen LogP contribution in [0.3, 0.4) is 0 Å². The van der Waals surface area contributed by atoms with Crippen molar-refractivity contribution < 1.29 is 19.8 Å². The maximum atomic E-state index is 10.5. The summed E-state index contributed by atoms with van der Waals surface area (Å²) in [7, 11) is 0. The fourth-order valence-electron chi connectivity index (χ4n) is 1.86. The second-order valence-corrected chi connectivity index (χ2v) is 4.97. The topological polar surface area (TPSA) is 74.6 Å². The molecule has 0 rings (SSSR count). The van der Waals surface area contributed by atoms with E-state index < -0.39 is 11.9 Å². The van der Waals surface area contributed by atoms with Gasteiger partial charge in [0.05, 0.1) is 0 Å². The van der Waals surface area contributed by atoms with Crippen LogP contribution in [-0.4, -0.2) is 22.2 Å². The zero-order valence-electron chi connectivity index (χ0n) is 9.62. The van der Waals surface area contributed by atoms with Crippen LogP contribution in [0, 0.1) is 11.3 Å². The molecule has 4 heteroatoms. The average molecular weight is 216 g/mol. The van der Waals surface area contributed by atoms with Crippen LogP contribution in [0.2, 0.25) is 0 Å². The molecular weight excluding hydrogens is 196 g/mol. The monoisotopic (exact) mass is 216 g/mol. The molecule has 4 nitrogen and oxygen atoms in total. The zero-order chi connectivity index (χ0) is 12.1. The van der Waals surface area contributed by atoms with Crippen molar-refractivity contribution in [1.29, 1.82) is 0 Å². The summed E-state index contributed by atoms with van der Waals surface area (Å²) < 4.78 is 0.